The first-order valence-corrected chi connectivity index (χ1v) is 6.60. The van der Waals surface area contributed by atoms with E-state index in [0.717, 1.165) is 16.7 Å². The maximum absolute atomic E-state index is 13.3. The van der Waals surface area contributed by atoms with Crippen LogP contribution in [0.15, 0.2) is 28.8 Å². The molecule has 0 spiro atoms. The number of pyridine rings is 1. The number of halogens is 2. The lowest BCUT2D eigenvalue weighted by atomic mass is 10.0. The highest BCUT2D eigenvalue weighted by Crippen LogP contribution is 2.33. The highest BCUT2D eigenvalue weighted by molar-refractivity contribution is 5.83. The second kappa shape index (κ2) is 4.91. The second-order valence-corrected chi connectivity index (χ2v) is 5.14. The van der Waals surface area contributed by atoms with Gasteiger partial charge in [0.2, 0.25) is 0 Å². The van der Waals surface area contributed by atoms with E-state index in [1.165, 1.54) is 6.07 Å². The molecule has 0 aliphatic rings. The van der Waals surface area contributed by atoms with Crippen LogP contribution in [-0.4, -0.2) is 10.1 Å². The third kappa shape index (κ3) is 2.28. The molecule has 21 heavy (non-hydrogen) atoms. The summed E-state index contributed by atoms with van der Waals surface area (Å²) >= 11 is 0. The van der Waals surface area contributed by atoms with Crippen LogP contribution < -0.4 is 0 Å². The highest BCUT2D eigenvalue weighted by Gasteiger charge is 2.20. The number of nitrogens with zero attached hydrogens (tertiary/aromatic N) is 2. The molecule has 0 saturated carbocycles. The van der Waals surface area contributed by atoms with E-state index in [4.69, 9.17) is 4.52 Å². The molecule has 0 fully saturated rings. The van der Waals surface area contributed by atoms with Gasteiger partial charge in [-0.2, -0.15) is 0 Å². The van der Waals surface area contributed by atoms with Gasteiger partial charge in [0.05, 0.1) is 16.8 Å². The standard InChI is InChI=1S/C16H14F2N2O/c1-8-4-5-11(6-9(8)2)13-7-12(15(17)18)14-10(3)20-21-16(14)19-13/h4-7,15H,1-3H3. The van der Waals surface area contributed by atoms with Gasteiger partial charge >= 0.3 is 0 Å². The molecule has 1 aromatic carbocycles. The number of fused-ring (bicyclic) bond motifs is 1. The van der Waals surface area contributed by atoms with Crippen LogP contribution in [0.2, 0.25) is 0 Å². The van der Waals surface area contributed by atoms with Crippen molar-refractivity contribution < 1.29 is 13.3 Å². The van der Waals surface area contributed by atoms with Gasteiger partial charge in [-0.25, -0.2) is 13.8 Å². The molecule has 0 N–H and O–H groups in total. The van der Waals surface area contributed by atoms with Crippen LogP contribution in [-0.2, 0) is 0 Å². The lowest BCUT2D eigenvalue weighted by Gasteiger charge is -2.08. The van der Waals surface area contributed by atoms with E-state index >= 15 is 0 Å². The Kier molecular flexibility index (Phi) is 3.20. The van der Waals surface area contributed by atoms with Gasteiger partial charge in [-0.3, -0.25) is 0 Å². The number of benzene rings is 1. The number of alkyl halides is 2. The summed E-state index contributed by atoms with van der Waals surface area (Å²) in [5, 5.41) is 4.04. The maximum Gasteiger partial charge on any atom is 0.264 e. The zero-order valence-electron chi connectivity index (χ0n) is 11.9. The summed E-state index contributed by atoms with van der Waals surface area (Å²) < 4.78 is 31.7. The molecule has 0 atom stereocenters. The molecule has 0 bridgehead atoms. The summed E-state index contributed by atoms with van der Waals surface area (Å²) in [6, 6.07) is 7.17. The predicted molar refractivity (Wildman–Crippen MR) is 76.4 cm³/mol. The summed E-state index contributed by atoms with van der Waals surface area (Å²) in [6.45, 7) is 5.61. The molecule has 3 nitrogen and oxygen atoms in total. The quantitative estimate of drug-likeness (QED) is 0.683. The van der Waals surface area contributed by atoms with Crippen molar-refractivity contribution in [2.24, 2.45) is 0 Å². The van der Waals surface area contributed by atoms with Crippen LogP contribution in [0.5, 0.6) is 0 Å². The predicted octanol–water partition coefficient (Wildman–Crippen LogP) is 4.75. The van der Waals surface area contributed by atoms with E-state index in [9.17, 15) is 8.78 Å². The van der Waals surface area contributed by atoms with Crippen molar-refractivity contribution in [3.63, 3.8) is 0 Å². The van der Waals surface area contributed by atoms with Gasteiger partial charge in [-0.15, -0.1) is 0 Å². The molecule has 2 aromatic heterocycles. The van der Waals surface area contributed by atoms with E-state index in [1.54, 1.807) is 6.92 Å². The summed E-state index contributed by atoms with van der Waals surface area (Å²) in [4.78, 5) is 4.32. The van der Waals surface area contributed by atoms with Crippen molar-refractivity contribution in [1.29, 1.82) is 0 Å². The molecule has 0 saturated heterocycles. The second-order valence-electron chi connectivity index (χ2n) is 5.14. The van der Waals surface area contributed by atoms with Crippen LogP contribution in [0.1, 0.15) is 28.8 Å². The zero-order chi connectivity index (χ0) is 15.1. The first-order chi connectivity index (χ1) is 9.97. The Balaban J connectivity index is 2.26. The van der Waals surface area contributed by atoms with Gasteiger partial charge in [0.15, 0.2) is 0 Å². The van der Waals surface area contributed by atoms with Gasteiger partial charge in [-0.05, 0) is 44.0 Å². The molecule has 0 amide bonds. The van der Waals surface area contributed by atoms with Gasteiger partial charge < -0.3 is 4.52 Å². The van der Waals surface area contributed by atoms with E-state index in [2.05, 4.69) is 10.1 Å². The number of hydrogen-bond donors (Lipinski definition) is 0. The van der Waals surface area contributed by atoms with Gasteiger partial charge in [0, 0.05) is 11.1 Å². The largest absolute Gasteiger partial charge is 0.336 e. The average Bonchev–Trinajstić information content (AvgIpc) is 2.82. The Hall–Kier alpha value is -2.30. The molecule has 3 rings (SSSR count). The minimum absolute atomic E-state index is 0.0908. The van der Waals surface area contributed by atoms with Crippen molar-refractivity contribution in [3.05, 3.63) is 46.6 Å². The smallest absolute Gasteiger partial charge is 0.264 e. The Morgan fingerprint density at radius 2 is 1.81 bits per heavy atom. The number of rotatable bonds is 2. The highest BCUT2D eigenvalue weighted by atomic mass is 19.3. The first kappa shape index (κ1) is 13.7. The minimum Gasteiger partial charge on any atom is -0.336 e. The molecular formula is C16H14F2N2O. The van der Waals surface area contributed by atoms with Crippen molar-refractivity contribution >= 4 is 11.1 Å². The summed E-state index contributed by atoms with van der Waals surface area (Å²) in [7, 11) is 0. The molecule has 5 heteroatoms. The molecule has 0 unspecified atom stereocenters. The fourth-order valence-corrected chi connectivity index (χ4v) is 2.35. The molecule has 108 valence electrons. The summed E-state index contributed by atoms with van der Waals surface area (Å²) in [5.41, 5.74) is 3.98. The Bertz CT molecular complexity index is 825. The Morgan fingerprint density at radius 1 is 1.05 bits per heavy atom. The number of aromatic nitrogens is 2. The SMILES string of the molecule is Cc1ccc(-c2cc(C(F)F)c3c(C)noc3n2)cc1C. The first-order valence-electron chi connectivity index (χ1n) is 6.60. The van der Waals surface area contributed by atoms with Gasteiger partial charge in [-0.1, -0.05) is 17.3 Å². The number of hydrogen-bond acceptors (Lipinski definition) is 3. The van der Waals surface area contributed by atoms with E-state index in [0.29, 0.717) is 16.8 Å². The normalized spacial score (nSPS) is 11.5. The Morgan fingerprint density at radius 3 is 2.48 bits per heavy atom. The van der Waals surface area contributed by atoms with Gasteiger partial charge in [0.25, 0.3) is 12.1 Å². The third-order valence-electron chi connectivity index (χ3n) is 3.69. The lowest BCUT2D eigenvalue weighted by molar-refractivity contribution is 0.153. The van der Waals surface area contributed by atoms with Crippen molar-refractivity contribution in [2.75, 3.05) is 0 Å². The lowest BCUT2D eigenvalue weighted by Crippen LogP contribution is -1.93. The maximum atomic E-state index is 13.3. The molecule has 0 radical (unpaired) electrons. The van der Waals surface area contributed by atoms with Gasteiger partial charge in [0.1, 0.15) is 0 Å². The van der Waals surface area contributed by atoms with E-state index in [1.807, 2.05) is 32.0 Å². The van der Waals surface area contributed by atoms with E-state index in [-0.39, 0.29) is 11.3 Å². The van der Waals surface area contributed by atoms with Crippen LogP contribution in [0.4, 0.5) is 8.78 Å². The average molecular weight is 288 g/mol. The number of aryl methyl sites for hydroxylation is 3. The van der Waals surface area contributed by atoms with Crippen LogP contribution in [0.25, 0.3) is 22.4 Å². The molecule has 2 heterocycles. The summed E-state index contributed by atoms with van der Waals surface area (Å²) in [5.74, 6) is 0. The monoisotopic (exact) mass is 288 g/mol. The summed E-state index contributed by atoms with van der Waals surface area (Å²) in [6.07, 6.45) is -2.60. The fraction of sp³-hybridized carbons (Fsp3) is 0.250. The zero-order valence-corrected chi connectivity index (χ0v) is 11.9. The van der Waals surface area contributed by atoms with Crippen molar-refractivity contribution in [2.45, 2.75) is 27.2 Å². The van der Waals surface area contributed by atoms with Crippen LogP contribution in [0.3, 0.4) is 0 Å². The fourth-order valence-electron chi connectivity index (χ4n) is 2.35. The molecule has 0 aliphatic carbocycles. The minimum atomic E-state index is -2.60. The third-order valence-corrected chi connectivity index (χ3v) is 3.69. The van der Waals surface area contributed by atoms with Crippen molar-refractivity contribution in [3.8, 4) is 11.3 Å². The molecule has 0 aliphatic heterocycles. The molecule has 3 aromatic rings. The van der Waals surface area contributed by atoms with Crippen LogP contribution >= 0.6 is 0 Å². The van der Waals surface area contributed by atoms with Crippen LogP contribution in [0, 0.1) is 20.8 Å². The topological polar surface area (TPSA) is 38.9 Å². The van der Waals surface area contributed by atoms with Crippen molar-refractivity contribution in [1.82, 2.24) is 10.1 Å². The van der Waals surface area contributed by atoms with E-state index < -0.39 is 6.43 Å². The molecular weight excluding hydrogens is 274 g/mol. The Labute approximate surface area is 120 Å².